The number of aryl methyl sites for hydroxylation is 2. The van der Waals surface area contributed by atoms with Crippen molar-refractivity contribution in [1.29, 1.82) is 0 Å². The molecule has 224 valence electrons. The minimum Gasteiger partial charge on any atom is -0.505 e. The first-order valence-electron chi connectivity index (χ1n) is 13.9. The van der Waals surface area contributed by atoms with Crippen molar-refractivity contribution >= 4 is 45.5 Å². The zero-order valence-electron chi connectivity index (χ0n) is 24.5. The molecule has 43 heavy (non-hydrogen) atoms. The largest absolute Gasteiger partial charge is 0.505 e. The number of rotatable bonds is 10. The van der Waals surface area contributed by atoms with Gasteiger partial charge in [-0.3, -0.25) is 18.9 Å². The molecule has 0 radical (unpaired) electrons. The number of anilines is 1. The summed E-state index contributed by atoms with van der Waals surface area (Å²) in [6, 6.07) is 9.41. The van der Waals surface area contributed by atoms with E-state index in [4.69, 9.17) is 14.2 Å². The van der Waals surface area contributed by atoms with Gasteiger partial charge in [0.25, 0.3) is 5.78 Å². The van der Waals surface area contributed by atoms with E-state index in [-0.39, 0.29) is 27.0 Å². The van der Waals surface area contributed by atoms with Crippen molar-refractivity contribution in [1.82, 2.24) is 14.4 Å². The average Bonchev–Trinajstić information content (AvgIpc) is 3.63. The highest BCUT2D eigenvalue weighted by Crippen LogP contribution is 2.46. The molecule has 1 aromatic carbocycles. The number of esters is 1. The van der Waals surface area contributed by atoms with Crippen LogP contribution in [-0.2, 0) is 14.3 Å². The number of aromatic nitrogens is 3. The number of thiazole rings is 1. The topological polar surface area (TPSA) is 133 Å². The van der Waals surface area contributed by atoms with Gasteiger partial charge >= 0.3 is 11.9 Å². The van der Waals surface area contributed by atoms with Crippen molar-refractivity contribution in [2.24, 2.45) is 0 Å². The third-order valence-corrected chi connectivity index (χ3v) is 8.21. The summed E-state index contributed by atoms with van der Waals surface area (Å²) >= 11 is 0.931. The number of carbonyl (C=O) groups excluding carboxylic acids is 3. The number of ketones is 1. The quantitative estimate of drug-likeness (QED) is 0.0831. The van der Waals surface area contributed by atoms with Gasteiger partial charge in [-0.15, -0.1) is 0 Å². The molecular weight excluding hydrogens is 572 g/mol. The second-order valence-electron chi connectivity index (χ2n) is 9.89. The van der Waals surface area contributed by atoms with E-state index < -0.39 is 23.7 Å². The number of fused-ring (bicyclic) bond motifs is 1. The number of hydrogen-bond donors (Lipinski definition) is 1. The van der Waals surface area contributed by atoms with Gasteiger partial charge in [-0.2, -0.15) is 0 Å². The molecule has 0 bridgehead atoms. The smallest absolute Gasteiger partial charge is 0.350 e. The molecule has 12 heteroatoms. The molecule has 3 aromatic heterocycles. The maximum absolute atomic E-state index is 13.8. The number of nitrogens with zero attached hydrogens (tertiary/aromatic N) is 4. The SMILES string of the molecule is CCCCOc1ccc(C2/C(=C(\O)c3c(C)nc4ccccn34)C(=O)C(=O)N2c2nc(C)c(C(=O)OC)s2)cc1OCC. The normalized spacial score (nSPS) is 16.2. The van der Waals surface area contributed by atoms with Crippen LogP contribution in [0.4, 0.5) is 5.13 Å². The Balaban J connectivity index is 1.74. The molecule has 1 aliphatic rings. The summed E-state index contributed by atoms with van der Waals surface area (Å²) in [5.41, 5.74) is 2.01. The number of ether oxygens (including phenoxy) is 3. The summed E-state index contributed by atoms with van der Waals surface area (Å²) in [6.45, 7) is 8.09. The van der Waals surface area contributed by atoms with Crippen molar-refractivity contribution in [3.8, 4) is 11.5 Å². The molecule has 0 saturated carbocycles. The summed E-state index contributed by atoms with van der Waals surface area (Å²) in [4.78, 5) is 50.3. The predicted octanol–water partition coefficient (Wildman–Crippen LogP) is 5.40. The molecular formula is C31H32N4O7S. The first-order chi connectivity index (χ1) is 20.7. The first kappa shape index (κ1) is 29.8. The van der Waals surface area contributed by atoms with Gasteiger partial charge in [-0.25, -0.2) is 14.8 Å². The Morgan fingerprint density at radius 2 is 1.84 bits per heavy atom. The number of pyridine rings is 1. The van der Waals surface area contributed by atoms with Crippen LogP contribution in [0.15, 0.2) is 48.2 Å². The van der Waals surface area contributed by atoms with Gasteiger partial charge in [-0.05, 0) is 57.0 Å². The molecule has 1 atom stereocenters. The average molecular weight is 605 g/mol. The maximum Gasteiger partial charge on any atom is 0.350 e. The van der Waals surface area contributed by atoms with Crippen LogP contribution in [0.5, 0.6) is 11.5 Å². The number of unbranched alkanes of at least 4 members (excludes halogenated alkanes) is 1. The highest BCUT2D eigenvalue weighted by atomic mass is 32.1. The zero-order valence-corrected chi connectivity index (χ0v) is 25.4. The number of imidazole rings is 1. The van der Waals surface area contributed by atoms with Crippen molar-refractivity contribution < 1.29 is 33.7 Å². The monoisotopic (exact) mass is 604 g/mol. The molecule has 0 aliphatic carbocycles. The lowest BCUT2D eigenvalue weighted by molar-refractivity contribution is -0.132. The van der Waals surface area contributed by atoms with E-state index in [1.165, 1.54) is 12.0 Å². The van der Waals surface area contributed by atoms with Crippen LogP contribution in [-0.4, -0.2) is 57.5 Å². The number of aliphatic hydroxyl groups excluding tert-OH is 1. The Hall–Kier alpha value is -4.71. The standard InChI is InChI=1S/C31H32N4O7S/c1-6-8-15-42-20-13-12-19(16-21(20)41-7-2)25-23(26(36)24-17(3)32-22-11-9-10-14-34(22)24)27(37)29(38)35(25)31-33-18(4)28(43-31)30(39)40-5/h9-14,16,25,36H,6-8,15H2,1-5H3/b26-23+. The molecule has 1 fully saturated rings. The van der Waals surface area contributed by atoms with E-state index in [0.717, 1.165) is 24.2 Å². The molecule has 1 N–H and O–H groups in total. The van der Waals surface area contributed by atoms with Crippen molar-refractivity contribution in [3.05, 3.63) is 75.7 Å². The zero-order chi connectivity index (χ0) is 30.8. The first-order valence-corrected chi connectivity index (χ1v) is 14.7. The fraction of sp³-hybridized carbons (Fsp3) is 0.323. The van der Waals surface area contributed by atoms with E-state index in [1.54, 1.807) is 54.8 Å². The second-order valence-corrected chi connectivity index (χ2v) is 10.9. The molecule has 1 aliphatic heterocycles. The van der Waals surface area contributed by atoms with E-state index in [9.17, 15) is 19.5 Å². The number of aliphatic hydroxyl groups is 1. The number of benzene rings is 1. The van der Waals surface area contributed by atoms with Gasteiger partial charge in [0.05, 0.1) is 43.3 Å². The van der Waals surface area contributed by atoms with Gasteiger partial charge < -0.3 is 19.3 Å². The van der Waals surface area contributed by atoms with Crippen LogP contribution in [0, 0.1) is 13.8 Å². The minimum atomic E-state index is -1.10. The van der Waals surface area contributed by atoms with Gasteiger partial charge in [0.1, 0.15) is 16.2 Å². The Morgan fingerprint density at radius 1 is 1.05 bits per heavy atom. The Labute approximate surface area is 252 Å². The molecule has 4 heterocycles. The maximum atomic E-state index is 13.8. The predicted molar refractivity (Wildman–Crippen MR) is 161 cm³/mol. The lowest BCUT2D eigenvalue weighted by atomic mass is 9.96. The molecule has 0 spiro atoms. The fourth-order valence-electron chi connectivity index (χ4n) is 5.05. The number of amides is 1. The number of Topliss-reactive ketones (excluding diaryl/α,β-unsaturated/α-hetero) is 1. The summed E-state index contributed by atoms with van der Waals surface area (Å²) < 4.78 is 18.4. The lowest BCUT2D eigenvalue weighted by Gasteiger charge is -2.24. The molecule has 11 nitrogen and oxygen atoms in total. The van der Waals surface area contributed by atoms with Crippen LogP contribution in [0.2, 0.25) is 0 Å². The van der Waals surface area contributed by atoms with Gasteiger partial charge in [0.2, 0.25) is 0 Å². The van der Waals surface area contributed by atoms with Crippen molar-refractivity contribution in [2.75, 3.05) is 25.2 Å². The Bertz CT molecular complexity index is 1760. The van der Waals surface area contributed by atoms with Crippen LogP contribution in [0.3, 0.4) is 0 Å². The third-order valence-electron chi connectivity index (χ3n) is 7.07. The van der Waals surface area contributed by atoms with E-state index in [2.05, 4.69) is 16.9 Å². The van der Waals surface area contributed by atoms with E-state index in [1.807, 2.05) is 13.0 Å². The summed E-state index contributed by atoms with van der Waals surface area (Å²) in [5, 5.41) is 11.9. The lowest BCUT2D eigenvalue weighted by Crippen LogP contribution is -2.29. The van der Waals surface area contributed by atoms with Crippen LogP contribution in [0.1, 0.15) is 65.0 Å². The summed E-state index contributed by atoms with van der Waals surface area (Å²) in [7, 11) is 1.25. The number of hydrogen-bond acceptors (Lipinski definition) is 10. The van der Waals surface area contributed by atoms with Crippen LogP contribution in [0.25, 0.3) is 11.4 Å². The Morgan fingerprint density at radius 3 is 2.56 bits per heavy atom. The molecule has 5 rings (SSSR count). The second kappa shape index (κ2) is 12.3. The van der Waals surface area contributed by atoms with Gasteiger partial charge in [0, 0.05) is 6.20 Å². The van der Waals surface area contributed by atoms with Crippen LogP contribution >= 0.6 is 11.3 Å². The molecule has 1 saturated heterocycles. The fourth-order valence-corrected chi connectivity index (χ4v) is 6.06. The minimum absolute atomic E-state index is 0.111. The van der Waals surface area contributed by atoms with Crippen LogP contribution < -0.4 is 14.4 Å². The highest BCUT2D eigenvalue weighted by Gasteiger charge is 2.49. The van der Waals surface area contributed by atoms with E-state index >= 15 is 0 Å². The highest BCUT2D eigenvalue weighted by molar-refractivity contribution is 7.17. The number of methoxy groups -OCH3 is 1. The summed E-state index contributed by atoms with van der Waals surface area (Å²) in [5.74, 6) is -1.84. The van der Waals surface area contributed by atoms with Gasteiger partial charge in [-0.1, -0.05) is 36.8 Å². The van der Waals surface area contributed by atoms with Gasteiger partial charge in [0.15, 0.2) is 22.4 Å². The third kappa shape index (κ3) is 5.34. The van der Waals surface area contributed by atoms with Crippen molar-refractivity contribution in [3.63, 3.8) is 0 Å². The van der Waals surface area contributed by atoms with E-state index in [0.29, 0.717) is 47.3 Å². The summed E-state index contributed by atoms with van der Waals surface area (Å²) in [6.07, 6.45) is 3.54. The number of carbonyl (C=O) groups is 3. The Kier molecular flexibility index (Phi) is 8.49. The van der Waals surface area contributed by atoms with Crippen molar-refractivity contribution in [2.45, 2.75) is 46.6 Å². The molecule has 4 aromatic rings. The molecule has 1 amide bonds. The molecule has 1 unspecified atom stereocenters.